The topological polar surface area (TPSA) is 56.7 Å². The van der Waals surface area contributed by atoms with Crippen molar-refractivity contribution in [3.8, 4) is 0 Å². The average Bonchev–Trinajstić information content (AvgIpc) is 3.23. The molecule has 1 N–H and O–H groups in total. The predicted molar refractivity (Wildman–Crippen MR) is 89.4 cm³/mol. The van der Waals surface area contributed by atoms with Crippen LogP contribution in [-0.2, 0) is 11.3 Å². The lowest BCUT2D eigenvalue weighted by molar-refractivity contribution is -0.149. The van der Waals surface area contributed by atoms with Gasteiger partial charge in [-0.1, -0.05) is 19.3 Å². The third kappa shape index (κ3) is 2.81. The Morgan fingerprint density at radius 2 is 2.13 bits per heavy atom. The molecular formula is C17H25N3O2S. The molecule has 0 bridgehead atoms. The standard InChI is InChI=1S/C17H25N3O2S/c21-16(22)17-11-19(10-15-18-6-7-23-15)8-13(17)9-20(12-17)14-4-2-1-3-5-14/h6-7,13-14H,1-5,8-12H2,(H,21,22)/t13-,17-/m1/s1. The third-order valence-electron chi connectivity index (χ3n) is 6.07. The molecule has 0 spiro atoms. The van der Waals surface area contributed by atoms with Gasteiger partial charge in [0.25, 0.3) is 0 Å². The smallest absolute Gasteiger partial charge is 0.312 e. The van der Waals surface area contributed by atoms with Crippen LogP contribution in [0.25, 0.3) is 0 Å². The second-order valence-corrected chi connectivity index (χ2v) is 8.45. The van der Waals surface area contributed by atoms with Gasteiger partial charge >= 0.3 is 5.97 Å². The maximum atomic E-state index is 12.1. The molecule has 2 atom stereocenters. The highest BCUT2D eigenvalue weighted by Gasteiger charge is 2.58. The lowest BCUT2D eigenvalue weighted by Gasteiger charge is -2.33. The van der Waals surface area contributed by atoms with Crippen LogP contribution >= 0.6 is 11.3 Å². The fourth-order valence-corrected chi connectivity index (χ4v) is 5.54. The van der Waals surface area contributed by atoms with E-state index in [2.05, 4.69) is 14.8 Å². The summed E-state index contributed by atoms with van der Waals surface area (Å²) in [5, 5.41) is 13.1. The van der Waals surface area contributed by atoms with Crippen LogP contribution in [0.2, 0.25) is 0 Å². The van der Waals surface area contributed by atoms with Crippen molar-refractivity contribution in [1.82, 2.24) is 14.8 Å². The number of aromatic nitrogens is 1. The van der Waals surface area contributed by atoms with Gasteiger partial charge in [0, 0.05) is 49.7 Å². The minimum atomic E-state index is -0.595. The Morgan fingerprint density at radius 1 is 1.30 bits per heavy atom. The first-order chi connectivity index (χ1) is 11.2. The van der Waals surface area contributed by atoms with E-state index in [-0.39, 0.29) is 5.92 Å². The van der Waals surface area contributed by atoms with Gasteiger partial charge in [0.1, 0.15) is 5.01 Å². The number of fused-ring (bicyclic) bond motifs is 1. The quantitative estimate of drug-likeness (QED) is 0.915. The van der Waals surface area contributed by atoms with E-state index in [1.54, 1.807) is 11.3 Å². The van der Waals surface area contributed by atoms with E-state index in [1.165, 1.54) is 32.1 Å². The van der Waals surface area contributed by atoms with Crippen LogP contribution in [0, 0.1) is 11.3 Å². The number of thiazole rings is 1. The third-order valence-corrected chi connectivity index (χ3v) is 6.83. The van der Waals surface area contributed by atoms with Crippen LogP contribution in [0.15, 0.2) is 11.6 Å². The molecule has 6 heteroatoms. The SMILES string of the molecule is O=C(O)[C@@]12CN(Cc3nccs3)C[C@@H]1CN(C1CCCCC1)C2. The fourth-order valence-electron chi connectivity index (χ4n) is 4.88. The second-order valence-electron chi connectivity index (χ2n) is 7.47. The summed E-state index contributed by atoms with van der Waals surface area (Å²) in [6.45, 7) is 4.08. The van der Waals surface area contributed by atoms with Crippen LogP contribution in [0.3, 0.4) is 0 Å². The number of rotatable bonds is 4. The number of hydrogen-bond acceptors (Lipinski definition) is 5. The van der Waals surface area contributed by atoms with E-state index in [0.717, 1.165) is 31.2 Å². The first kappa shape index (κ1) is 15.5. The molecule has 1 aromatic heterocycles. The zero-order chi connectivity index (χ0) is 15.9. The van der Waals surface area contributed by atoms with E-state index in [9.17, 15) is 9.90 Å². The zero-order valence-corrected chi connectivity index (χ0v) is 14.3. The van der Waals surface area contributed by atoms with Crippen LogP contribution in [0.4, 0.5) is 0 Å². The van der Waals surface area contributed by atoms with Crippen LogP contribution < -0.4 is 0 Å². The number of nitrogens with zero attached hydrogens (tertiary/aromatic N) is 3. The van der Waals surface area contributed by atoms with Crippen molar-refractivity contribution in [3.63, 3.8) is 0 Å². The Morgan fingerprint density at radius 3 is 2.78 bits per heavy atom. The Bertz CT molecular complexity index is 558. The van der Waals surface area contributed by atoms with Gasteiger partial charge in [0.05, 0.1) is 12.0 Å². The minimum Gasteiger partial charge on any atom is -0.481 e. The van der Waals surface area contributed by atoms with Gasteiger partial charge < -0.3 is 5.11 Å². The van der Waals surface area contributed by atoms with Gasteiger partial charge in [-0.05, 0) is 12.8 Å². The molecular weight excluding hydrogens is 310 g/mol. The van der Waals surface area contributed by atoms with Gasteiger partial charge in [-0.2, -0.15) is 0 Å². The lowest BCUT2D eigenvalue weighted by atomic mass is 9.81. The van der Waals surface area contributed by atoms with Crippen LogP contribution in [0.1, 0.15) is 37.1 Å². The molecule has 0 radical (unpaired) electrons. The van der Waals surface area contributed by atoms with E-state index < -0.39 is 11.4 Å². The monoisotopic (exact) mass is 335 g/mol. The number of hydrogen-bond donors (Lipinski definition) is 1. The molecule has 1 aliphatic carbocycles. The number of carbonyl (C=O) groups is 1. The summed E-state index contributed by atoms with van der Waals surface area (Å²) >= 11 is 1.66. The Balaban J connectivity index is 1.46. The predicted octanol–water partition coefficient (Wildman–Crippen LogP) is 2.29. The van der Waals surface area contributed by atoms with E-state index in [4.69, 9.17) is 0 Å². The van der Waals surface area contributed by atoms with Crippen molar-refractivity contribution >= 4 is 17.3 Å². The van der Waals surface area contributed by atoms with Crippen molar-refractivity contribution in [1.29, 1.82) is 0 Å². The Kier molecular flexibility index (Phi) is 4.15. The summed E-state index contributed by atoms with van der Waals surface area (Å²) in [7, 11) is 0. The molecule has 3 fully saturated rings. The number of carboxylic acids is 1. The minimum absolute atomic E-state index is 0.266. The van der Waals surface area contributed by atoms with E-state index in [0.29, 0.717) is 12.6 Å². The molecule has 5 nitrogen and oxygen atoms in total. The second kappa shape index (κ2) is 6.15. The molecule has 126 valence electrons. The highest BCUT2D eigenvalue weighted by atomic mass is 32.1. The van der Waals surface area contributed by atoms with Crippen molar-refractivity contribution in [2.24, 2.45) is 11.3 Å². The molecule has 2 saturated heterocycles. The maximum absolute atomic E-state index is 12.1. The van der Waals surface area contributed by atoms with E-state index >= 15 is 0 Å². The van der Waals surface area contributed by atoms with Crippen LogP contribution in [0.5, 0.6) is 0 Å². The molecule has 0 unspecified atom stereocenters. The average molecular weight is 335 g/mol. The highest BCUT2D eigenvalue weighted by molar-refractivity contribution is 7.09. The fraction of sp³-hybridized carbons (Fsp3) is 0.765. The van der Waals surface area contributed by atoms with E-state index in [1.807, 2.05) is 11.6 Å². The Labute approximate surface area is 141 Å². The lowest BCUT2D eigenvalue weighted by Crippen LogP contribution is -2.43. The first-order valence-electron chi connectivity index (χ1n) is 8.75. The highest BCUT2D eigenvalue weighted by Crippen LogP contribution is 2.45. The number of aliphatic carboxylic acids is 1. The molecule has 3 heterocycles. The van der Waals surface area contributed by atoms with Crippen molar-refractivity contribution in [3.05, 3.63) is 16.6 Å². The summed E-state index contributed by atoms with van der Waals surface area (Å²) in [6, 6.07) is 0.623. The normalized spacial score (nSPS) is 33.1. The first-order valence-corrected chi connectivity index (χ1v) is 9.63. The zero-order valence-electron chi connectivity index (χ0n) is 13.5. The number of carboxylic acid groups (broad SMARTS) is 1. The molecule has 23 heavy (non-hydrogen) atoms. The van der Waals surface area contributed by atoms with Crippen LogP contribution in [-0.4, -0.2) is 58.1 Å². The molecule has 1 aromatic rings. The summed E-state index contributed by atoms with van der Waals surface area (Å²) in [5.74, 6) is -0.329. The summed E-state index contributed by atoms with van der Waals surface area (Å²) < 4.78 is 0. The molecule has 0 aromatic carbocycles. The van der Waals surface area contributed by atoms with Crippen molar-refractivity contribution in [2.45, 2.75) is 44.7 Å². The molecule has 1 saturated carbocycles. The molecule has 2 aliphatic heterocycles. The summed E-state index contributed by atoms with van der Waals surface area (Å²) in [6.07, 6.45) is 8.30. The largest absolute Gasteiger partial charge is 0.481 e. The van der Waals surface area contributed by atoms with Crippen molar-refractivity contribution < 1.29 is 9.90 Å². The maximum Gasteiger partial charge on any atom is 0.312 e. The summed E-state index contributed by atoms with van der Waals surface area (Å²) in [5.41, 5.74) is -0.561. The van der Waals surface area contributed by atoms with Gasteiger partial charge in [-0.25, -0.2) is 4.98 Å². The van der Waals surface area contributed by atoms with Gasteiger partial charge in [0.15, 0.2) is 0 Å². The number of likely N-dealkylation sites (tertiary alicyclic amines) is 2. The van der Waals surface area contributed by atoms with Gasteiger partial charge in [0.2, 0.25) is 0 Å². The molecule has 4 rings (SSSR count). The summed E-state index contributed by atoms with van der Waals surface area (Å²) in [4.78, 5) is 21.3. The van der Waals surface area contributed by atoms with Crippen molar-refractivity contribution in [2.75, 3.05) is 26.2 Å². The Hall–Kier alpha value is -0.980. The van der Waals surface area contributed by atoms with Gasteiger partial charge in [-0.3, -0.25) is 14.6 Å². The van der Waals surface area contributed by atoms with Gasteiger partial charge in [-0.15, -0.1) is 11.3 Å². The molecule has 3 aliphatic rings. The molecule has 0 amide bonds.